The minimum absolute atomic E-state index is 0.0236. The number of rotatable bonds is 18. The normalized spacial score (nSPS) is 25.3. The Labute approximate surface area is 330 Å². The highest BCUT2D eigenvalue weighted by molar-refractivity contribution is 6.03. The number of oxime groups is 1. The second-order valence-electron chi connectivity index (χ2n) is 16.0. The number of hydrogen-bond donors (Lipinski definition) is 3. The van der Waals surface area contributed by atoms with Crippen molar-refractivity contribution >= 4 is 11.8 Å². The van der Waals surface area contributed by atoms with E-state index in [1.807, 2.05) is 39.0 Å². The van der Waals surface area contributed by atoms with Crippen LogP contribution in [0.4, 0.5) is 4.79 Å². The number of aromatic hydroxyl groups is 1. The largest absolute Gasteiger partial charge is 0.508 e. The van der Waals surface area contributed by atoms with Gasteiger partial charge >= 0.3 is 6.09 Å². The number of unbranched alkanes of at least 4 members (excludes halogenated alkanes) is 2. The molecule has 2 heterocycles. The molecular formula is C44H58N2O10. The van der Waals surface area contributed by atoms with E-state index in [0.29, 0.717) is 42.2 Å². The summed E-state index contributed by atoms with van der Waals surface area (Å²) in [6, 6.07) is 9.96. The molecule has 4 aliphatic rings. The van der Waals surface area contributed by atoms with Gasteiger partial charge in [0, 0.05) is 37.7 Å². The van der Waals surface area contributed by atoms with Crippen LogP contribution in [0, 0.1) is 17.8 Å². The van der Waals surface area contributed by atoms with Gasteiger partial charge in [-0.2, -0.15) is 0 Å². The maximum atomic E-state index is 14.6. The van der Waals surface area contributed by atoms with Gasteiger partial charge in [-0.25, -0.2) is 4.79 Å². The molecule has 12 nitrogen and oxygen atoms in total. The van der Waals surface area contributed by atoms with Crippen LogP contribution in [0.15, 0.2) is 78.5 Å². The smallest absolute Gasteiger partial charge is 0.410 e. The Bertz CT molecular complexity index is 1770. The first-order valence-corrected chi connectivity index (χ1v) is 19.9. The van der Waals surface area contributed by atoms with E-state index in [4.69, 9.17) is 33.7 Å². The van der Waals surface area contributed by atoms with Gasteiger partial charge in [-0.1, -0.05) is 42.3 Å². The van der Waals surface area contributed by atoms with Gasteiger partial charge in [-0.3, -0.25) is 4.90 Å². The van der Waals surface area contributed by atoms with Crippen molar-refractivity contribution in [3.8, 4) is 23.0 Å². The Morgan fingerprint density at radius 2 is 1.75 bits per heavy atom. The molecule has 1 fully saturated rings. The molecule has 6 atom stereocenters. The molecule has 2 aromatic carbocycles. The van der Waals surface area contributed by atoms with Gasteiger partial charge in [0.1, 0.15) is 23.1 Å². The molecule has 1 amide bonds. The first-order valence-electron chi connectivity index (χ1n) is 19.9. The lowest BCUT2D eigenvalue weighted by atomic mass is 9.55. The van der Waals surface area contributed by atoms with E-state index in [1.165, 1.54) is 0 Å². The predicted molar refractivity (Wildman–Crippen MR) is 212 cm³/mol. The van der Waals surface area contributed by atoms with Crippen LogP contribution in [0.5, 0.6) is 23.0 Å². The Balaban J connectivity index is 1.59. The third-order valence-corrected chi connectivity index (χ3v) is 11.0. The number of aliphatic hydroxyl groups excluding tert-OH is 2. The highest BCUT2D eigenvalue weighted by Gasteiger charge is 2.65. The number of nitrogens with zero attached hydrogens (tertiary/aromatic N) is 2. The number of hydrogen-bond acceptors (Lipinski definition) is 11. The van der Waals surface area contributed by atoms with Gasteiger partial charge in [0.25, 0.3) is 0 Å². The average Bonchev–Trinajstić information content (AvgIpc) is 3.65. The highest BCUT2D eigenvalue weighted by Crippen LogP contribution is 2.62. The number of allylic oxidation sites excluding steroid dienone is 1. The van der Waals surface area contributed by atoms with Crippen molar-refractivity contribution in [3.63, 3.8) is 0 Å². The Kier molecular flexibility index (Phi) is 13.3. The third kappa shape index (κ3) is 8.87. The standard InChI is InChI=1S/C44H58N2O10/c1-6-8-22-51-42(50)46(27-29-15-17-37-38(23-29)53-28-52-37)39-26-35(45-56-43(3,4)5)33-24-30(13-9-11-19-47)32(14-10-12-20-48)40-34-25-31(49)16-18-36(34)55-44(39,41(33)40)54-21-7-2/h6-7,15-18,23-25,30,32,39-41,47-49H,1-2,8-14,19-22,26-28H2,3-5H3. The topological polar surface area (TPSA) is 149 Å². The van der Waals surface area contributed by atoms with E-state index in [1.54, 1.807) is 35.3 Å². The zero-order chi connectivity index (χ0) is 39.9. The van der Waals surface area contributed by atoms with Crippen molar-refractivity contribution in [1.82, 2.24) is 4.90 Å². The van der Waals surface area contributed by atoms with Crippen molar-refractivity contribution < 1.29 is 48.6 Å². The molecule has 2 aliphatic heterocycles. The lowest BCUT2D eigenvalue weighted by Gasteiger charge is -2.59. The quantitative estimate of drug-likeness (QED) is 0.0780. The maximum absolute atomic E-state index is 14.6. The van der Waals surface area contributed by atoms with E-state index in [-0.39, 0.29) is 69.7 Å². The fraction of sp³-hybridized carbons (Fsp3) is 0.545. The van der Waals surface area contributed by atoms with Crippen LogP contribution in [0.1, 0.15) is 89.2 Å². The van der Waals surface area contributed by atoms with E-state index in [9.17, 15) is 20.1 Å². The summed E-state index contributed by atoms with van der Waals surface area (Å²) in [5, 5.41) is 35.5. The fourth-order valence-corrected chi connectivity index (χ4v) is 8.70. The molecule has 12 heteroatoms. The number of carbonyl (C=O) groups excluding carboxylic acids is 1. The summed E-state index contributed by atoms with van der Waals surface area (Å²) in [7, 11) is 0. The van der Waals surface area contributed by atoms with Crippen LogP contribution < -0.4 is 14.2 Å². The van der Waals surface area contributed by atoms with E-state index in [2.05, 4.69) is 19.2 Å². The number of phenols is 1. The molecule has 6 unspecified atom stereocenters. The molecule has 2 aliphatic carbocycles. The van der Waals surface area contributed by atoms with Crippen molar-refractivity contribution in [2.24, 2.45) is 22.9 Å². The molecule has 2 aromatic rings. The van der Waals surface area contributed by atoms with E-state index in [0.717, 1.165) is 42.4 Å². The molecule has 56 heavy (non-hydrogen) atoms. The van der Waals surface area contributed by atoms with Gasteiger partial charge in [0.2, 0.25) is 12.6 Å². The van der Waals surface area contributed by atoms with E-state index < -0.39 is 29.4 Å². The summed E-state index contributed by atoms with van der Waals surface area (Å²) in [5.41, 5.74) is 2.58. The van der Waals surface area contributed by atoms with Crippen LogP contribution in [-0.2, 0) is 20.9 Å². The SMILES string of the molecule is C=CCCOC(=O)N(Cc1ccc2c(c1)OCO2)C1CC(=NOC(C)(C)C)C2=CC(CCCCO)C(CCCCO)C3c4cc(O)ccc4OC1(OCC=C)C23. The van der Waals surface area contributed by atoms with Crippen molar-refractivity contribution in [3.05, 3.63) is 84.5 Å². The van der Waals surface area contributed by atoms with Crippen molar-refractivity contribution in [2.75, 3.05) is 33.2 Å². The number of aliphatic hydroxyl groups is 2. The van der Waals surface area contributed by atoms with Gasteiger partial charge in [-0.15, -0.1) is 13.2 Å². The molecule has 0 saturated heterocycles. The number of amides is 1. The van der Waals surface area contributed by atoms with Crippen molar-refractivity contribution in [2.45, 2.75) is 102 Å². The molecule has 6 rings (SSSR count). The summed E-state index contributed by atoms with van der Waals surface area (Å²) in [4.78, 5) is 22.4. The molecule has 0 aromatic heterocycles. The molecule has 0 spiro atoms. The number of carbonyl (C=O) groups is 1. The van der Waals surface area contributed by atoms with Crippen LogP contribution in [0.25, 0.3) is 0 Å². The number of benzene rings is 2. The summed E-state index contributed by atoms with van der Waals surface area (Å²) in [6.07, 6.45) is 10.3. The summed E-state index contributed by atoms with van der Waals surface area (Å²) in [6.45, 7) is 14.3. The van der Waals surface area contributed by atoms with Crippen LogP contribution in [0.3, 0.4) is 0 Å². The zero-order valence-corrected chi connectivity index (χ0v) is 33.0. The lowest BCUT2D eigenvalue weighted by Crippen LogP contribution is -2.70. The second kappa shape index (κ2) is 18.2. The highest BCUT2D eigenvalue weighted by atomic mass is 16.7. The van der Waals surface area contributed by atoms with Gasteiger partial charge in [0.05, 0.1) is 24.8 Å². The summed E-state index contributed by atoms with van der Waals surface area (Å²) in [5.74, 6) is -0.301. The first-order chi connectivity index (χ1) is 27.0. The first kappa shape index (κ1) is 41.1. The molecule has 3 N–H and O–H groups in total. The Morgan fingerprint density at radius 3 is 2.48 bits per heavy atom. The number of phenolic OH excluding ortho intramolecular Hbond substituents is 1. The minimum atomic E-state index is -1.48. The van der Waals surface area contributed by atoms with Crippen LogP contribution in [0.2, 0.25) is 0 Å². The molecular weight excluding hydrogens is 716 g/mol. The Morgan fingerprint density at radius 1 is 1.00 bits per heavy atom. The van der Waals surface area contributed by atoms with Crippen molar-refractivity contribution in [1.29, 1.82) is 0 Å². The minimum Gasteiger partial charge on any atom is -0.508 e. The van der Waals surface area contributed by atoms with Gasteiger partial charge in [-0.05, 0) is 106 Å². The van der Waals surface area contributed by atoms with E-state index >= 15 is 0 Å². The summed E-state index contributed by atoms with van der Waals surface area (Å²) >= 11 is 0. The fourth-order valence-electron chi connectivity index (χ4n) is 8.70. The average molecular weight is 775 g/mol. The van der Waals surface area contributed by atoms with Gasteiger partial charge in [0.15, 0.2) is 11.5 Å². The molecule has 304 valence electrons. The monoisotopic (exact) mass is 774 g/mol. The van der Waals surface area contributed by atoms with Crippen LogP contribution in [-0.4, -0.2) is 82.7 Å². The Hall–Kier alpha value is -4.52. The maximum Gasteiger partial charge on any atom is 0.410 e. The second-order valence-corrected chi connectivity index (χ2v) is 16.0. The lowest BCUT2D eigenvalue weighted by molar-refractivity contribution is -0.256. The third-order valence-electron chi connectivity index (χ3n) is 11.0. The molecule has 0 bridgehead atoms. The zero-order valence-electron chi connectivity index (χ0n) is 33.0. The molecule has 0 radical (unpaired) electrons. The predicted octanol–water partition coefficient (Wildman–Crippen LogP) is 7.77. The van der Waals surface area contributed by atoms with Gasteiger partial charge < -0.3 is 43.8 Å². The number of ether oxygens (including phenoxy) is 5. The van der Waals surface area contributed by atoms with Crippen LogP contribution >= 0.6 is 0 Å². The summed E-state index contributed by atoms with van der Waals surface area (Å²) < 4.78 is 31.5. The molecule has 1 saturated carbocycles. The number of fused-ring (bicyclic) bond motifs is 3.